The van der Waals surface area contributed by atoms with Crippen molar-refractivity contribution < 1.29 is 4.79 Å². The summed E-state index contributed by atoms with van der Waals surface area (Å²) in [4.78, 5) is 11.3. The Kier molecular flexibility index (Phi) is 8.85. The van der Waals surface area contributed by atoms with Crippen molar-refractivity contribution in [3.63, 3.8) is 0 Å². The third-order valence-corrected chi connectivity index (χ3v) is 7.12. The smallest absolute Gasteiger partial charge is 0.211 e. The van der Waals surface area contributed by atoms with Crippen LogP contribution in [0.3, 0.4) is 0 Å². The standard InChI is InChI=1S/C12H18N2OS4/c1-4-7-16-11-13-14-12(19-11)17-8-9(5-2)18-10(15)6-3/h6,9H,3-5,7-8H2,1-2H3. The molecule has 0 fully saturated rings. The Labute approximate surface area is 131 Å². The SMILES string of the molecule is C=CC(=O)SC(CC)CSc1nnc(SCCC)s1. The first-order valence-electron chi connectivity index (χ1n) is 6.11. The van der Waals surface area contributed by atoms with E-state index in [0.717, 1.165) is 33.0 Å². The van der Waals surface area contributed by atoms with Crippen molar-refractivity contribution in [2.24, 2.45) is 0 Å². The second-order valence-electron chi connectivity index (χ2n) is 3.66. The van der Waals surface area contributed by atoms with E-state index in [1.165, 1.54) is 17.8 Å². The number of carbonyl (C=O) groups is 1. The van der Waals surface area contributed by atoms with E-state index >= 15 is 0 Å². The molecule has 106 valence electrons. The molecule has 0 aliphatic heterocycles. The average Bonchev–Trinajstić information content (AvgIpc) is 2.88. The van der Waals surface area contributed by atoms with Crippen LogP contribution >= 0.6 is 46.6 Å². The van der Waals surface area contributed by atoms with Gasteiger partial charge in [0.05, 0.1) is 0 Å². The number of thioether (sulfide) groups is 3. The van der Waals surface area contributed by atoms with E-state index in [-0.39, 0.29) is 5.12 Å². The fourth-order valence-electron chi connectivity index (χ4n) is 1.12. The lowest BCUT2D eigenvalue weighted by atomic mass is 10.4. The average molecular weight is 335 g/mol. The summed E-state index contributed by atoms with van der Waals surface area (Å²) in [5.41, 5.74) is 0. The van der Waals surface area contributed by atoms with Crippen LogP contribution in [0.1, 0.15) is 26.7 Å². The first kappa shape index (κ1) is 17.1. The summed E-state index contributed by atoms with van der Waals surface area (Å²) in [7, 11) is 0. The highest BCUT2D eigenvalue weighted by atomic mass is 32.2. The van der Waals surface area contributed by atoms with Gasteiger partial charge in [-0.05, 0) is 18.9 Å². The van der Waals surface area contributed by atoms with Gasteiger partial charge < -0.3 is 0 Å². The van der Waals surface area contributed by atoms with Gasteiger partial charge in [-0.15, -0.1) is 10.2 Å². The third kappa shape index (κ3) is 6.83. The predicted molar refractivity (Wildman–Crippen MR) is 88.5 cm³/mol. The van der Waals surface area contributed by atoms with E-state index < -0.39 is 0 Å². The summed E-state index contributed by atoms with van der Waals surface area (Å²) in [5, 5.41) is 8.68. The molecule has 1 rings (SSSR count). The maximum Gasteiger partial charge on any atom is 0.211 e. The molecule has 1 unspecified atom stereocenters. The number of hydrogen-bond acceptors (Lipinski definition) is 7. The number of aromatic nitrogens is 2. The molecule has 0 spiro atoms. The van der Waals surface area contributed by atoms with E-state index in [2.05, 4.69) is 30.6 Å². The minimum atomic E-state index is 0.0453. The van der Waals surface area contributed by atoms with Crippen molar-refractivity contribution in [1.29, 1.82) is 0 Å². The largest absolute Gasteiger partial charge is 0.282 e. The van der Waals surface area contributed by atoms with E-state index in [1.54, 1.807) is 34.9 Å². The molecular formula is C12H18N2OS4. The summed E-state index contributed by atoms with van der Waals surface area (Å²) in [5.74, 6) is 1.97. The molecule has 0 amide bonds. The summed E-state index contributed by atoms with van der Waals surface area (Å²) in [6.45, 7) is 7.75. The maximum atomic E-state index is 11.3. The maximum absolute atomic E-state index is 11.3. The van der Waals surface area contributed by atoms with E-state index in [1.807, 2.05) is 0 Å². The normalized spacial score (nSPS) is 12.3. The van der Waals surface area contributed by atoms with Gasteiger partial charge in [-0.3, -0.25) is 4.79 Å². The zero-order valence-corrected chi connectivity index (χ0v) is 14.4. The highest BCUT2D eigenvalue weighted by molar-refractivity contribution is 8.15. The summed E-state index contributed by atoms with van der Waals surface area (Å²) in [6, 6.07) is 0. The van der Waals surface area contributed by atoms with Crippen LogP contribution in [0.25, 0.3) is 0 Å². The van der Waals surface area contributed by atoms with Gasteiger partial charge in [-0.2, -0.15) is 0 Å². The zero-order valence-electron chi connectivity index (χ0n) is 11.1. The molecule has 1 atom stereocenters. The van der Waals surface area contributed by atoms with Crippen LogP contribution in [0.2, 0.25) is 0 Å². The van der Waals surface area contributed by atoms with Gasteiger partial charge >= 0.3 is 0 Å². The van der Waals surface area contributed by atoms with Crippen molar-refractivity contribution in [3.8, 4) is 0 Å². The molecule has 0 saturated carbocycles. The molecule has 0 aliphatic carbocycles. The first-order chi connectivity index (χ1) is 9.19. The molecule has 7 heteroatoms. The van der Waals surface area contributed by atoms with Crippen molar-refractivity contribution in [2.75, 3.05) is 11.5 Å². The molecule has 3 nitrogen and oxygen atoms in total. The molecule has 0 bridgehead atoms. The number of hydrogen-bond donors (Lipinski definition) is 0. The van der Waals surface area contributed by atoms with Crippen molar-refractivity contribution in [1.82, 2.24) is 10.2 Å². The van der Waals surface area contributed by atoms with Gasteiger partial charge in [0.15, 0.2) is 8.68 Å². The minimum Gasteiger partial charge on any atom is -0.282 e. The fraction of sp³-hybridized carbons (Fsp3) is 0.583. The van der Waals surface area contributed by atoms with E-state index in [0.29, 0.717) is 5.25 Å². The molecule has 0 aromatic carbocycles. The summed E-state index contributed by atoms with van der Waals surface area (Å²) in [6.07, 6.45) is 3.49. The Morgan fingerprint density at radius 1 is 1.37 bits per heavy atom. The lowest BCUT2D eigenvalue weighted by molar-refractivity contribution is -0.107. The van der Waals surface area contributed by atoms with Crippen molar-refractivity contribution in [2.45, 2.75) is 40.6 Å². The van der Waals surface area contributed by atoms with Gasteiger partial charge in [0.2, 0.25) is 5.12 Å². The zero-order chi connectivity index (χ0) is 14.1. The second kappa shape index (κ2) is 9.85. The molecule has 1 heterocycles. The third-order valence-electron chi connectivity index (χ3n) is 2.12. The van der Waals surface area contributed by atoms with Crippen molar-refractivity contribution >= 4 is 51.7 Å². The van der Waals surface area contributed by atoms with Crippen LogP contribution in [0, 0.1) is 0 Å². The lowest BCUT2D eigenvalue weighted by Gasteiger charge is -2.10. The second-order valence-corrected chi connectivity index (χ2v) is 8.56. The molecule has 19 heavy (non-hydrogen) atoms. The minimum absolute atomic E-state index is 0.0453. The van der Waals surface area contributed by atoms with Crippen LogP contribution < -0.4 is 0 Å². The summed E-state index contributed by atoms with van der Waals surface area (Å²) >= 11 is 6.44. The highest BCUT2D eigenvalue weighted by Crippen LogP contribution is 2.31. The number of carbonyl (C=O) groups excluding carboxylic acids is 1. The first-order valence-corrected chi connectivity index (χ1v) is 9.78. The Hall–Kier alpha value is 0.0200. The Balaban J connectivity index is 2.39. The number of rotatable bonds is 9. The van der Waals surface area contributed by atoms with E-state index in [9.17, 15) is 4.79 Å². The van der Waals surface area contributed by atoms with Gasteiger partial charge in [0.1, 0.15) is 0 Å². The Morgan fingerprint density at radius 2 is 2.05 bits per heavy atom. The predicted octanol–water partition coefficient (Wildman–Crippen LogP) is 4.36. The van der Waals surface area contributed by atoms with Gasteiger partial charge in [-0.25, -0.2) is 0 Å². The highest BCUT2D eigenvalue weighted by Gasteiger charge is 2.13. The Morgan fingerprint density at radius 3 is 2.63 bits per heavy atom. The van der Waals surface area contributed by atoms with Gasteiger partial charge in [0.25, 0.3) is 0 Å². The monoisotopic (exact) mass is 334 g/mol. The van der Waals surface area contributed by atoms with Crippen LogP contribution in [0.15, 0.2) is 21.3 Å². The Bertz CT molecular complexity index is 408. The topological polar surface area (TPSA) is 42.9 Å². The van der Waals surface area contributed by atoms with Crippen LogP contribution in [0.4, 0.5) is 0 Å². The van der Waals surface area contributed by atoms with Crippen LogP contribution in [-0.4, -0.2) is 32.1 Å². The quantitative estimate of drug-likeness (QED) is 0.494. The lowest BCUT2D eigenvalue weighted by Crippen LogP contribution is -2.07. The van der Waals surface area contributed by atoms with E-state index in [4.69, 9.17) is 0 Å². The fourth-order valence-corrected chi connectivity index (χ4v) is 5.19. The van der Waals surface area contributed by atoms with Gasteiger partial charge in [0, 0.05) is 16.8 Å². The molecule has 0 aliphatic rings. The molecule has 1 aromatic rings. The number of nitrogens with zero attached hydrogens (tertiary/aromatic N) is 2. The summed E-state index contributed by atoms with van der Waals surface area (Å²) < 4.78 is 2.02. The van der Waals surface area contributed by atoms with Crippen LogP contribution in [-0.2, 0) is 4.79 Å². The molecule has 1 aromatic heterocycles. The van der Waals surface area contributed by atoms with Crippen molar-refractivity contribution in [3.05, 3.63) is 12.7 Å². The molecule has 0 saturated heterocycles. The molecule has 0 radical (unpaired) electrons. The molecular weight excluding hydrogens is 316 g/mol. The van der Waals surface area contributed by atoms with Gasteiger partial charge in [-0.1, -0.05) is 67.0 Å². The molecule has 0 N–H and O–H groups in total. The van der Waals surface area contributed by atoms with Crippen LogP contribution in [0.5, 0.6) is 0 Å².